The van der Waals surface area contributed by atoms with Crippen LogP contribution in [-0.4, -0.2) is 50.6 Å². The van der Waals surface area contributed by atoms with E-state index < -0.39 is 0 Å². The molecular weight excluding hydrogens is 380 g/mol. The molecule has 3 rings (SSSR count). The van der Waals surface area contributed by atoms with Gasteiger partial charge in [-0.3, -0.25) is 9.59 Å². The summed E-state index contributed by atoms with van der Waals surface area (Å²) in [6.07, 6.45) is 0. The highest BCUT2D eigenvalue weighted by atomic mass is 16.5. The summed E-state index contributed by atoms with van der Waals surface area (Å²) in [5.74, 6) is 1.30. The maximum Gasteiger partial charge on any atom is 0.254 e. The number of amides is 2. The van der Waals surface area contributed by atoms with E-state index in [2.05, 4.69) is 19.2 Å². The predicted molar refractivity (Wildman–Crippen MR) is 116 cm³/mol. The fraction of sp³-hybridized carbons (Fsp3) is 0.417. The number of hydrogen-bond donors (Lipinski definition) is 1. The number of benzene rings is 2. The molecule has 1 N–H and O–H groups in total. The molecule has 0 spiro atoms. The Kier molecular flexibility index (Phi) is 6.98. The van der Waals surface area contributed by atoms with E-state index in [-0.39, 0.29) is 23.7 Å². The Hall–Kier alpha value is -3.02. The van der Waals surface area contributed by atoms with Gasteiger partial charge in [0, 0.05) is 31.1 Å². The van der Waals surface area contributed by atoms with Crippen molar-refractivity contribution in [3.05, 3.63) is 59.7 Å². The van der Waals surface area contributed by atoms with Crippen molar-refractivity contribution < 1.29 is 19.1 Å². The number of carbonyl (C=O) groups excluding carboxylic acids is 2. The van der Waals surface area contributed by atoms with E-state index in [0.29, 0.717) is 36.9 Å². The standard InChI is InChI=1S/C24H30N2O4/c1-16(2)13-25-23(27)22-15-26(24(28)18-6-5-7-20(12-18)30-4)14-21(22)17-8-10-19(29-3)11-9-17/h5-12,16,21-22H,13-15H2,1-4H3,(H,25,27). The van der Waals surface area contributed by atoms with Crippen LogP contribution < -0.4 is 14.8 Å². The molecule has 160 valence electrons. The molecule has 1 fully saturated rings. The van der Waals surface area contributed by atoms with Crippen LogP contribution in [0.5, 0.6) is 11.5 Å². The van der Waals surface area contributed by atoms with E-state index >= 15 is 0 Å². The van der Waals surface area contributed by atoms with Crippen molar-refractivity contribution in [2.45, 2.75) is 19.8 Å². The third-order valence-corrected chi connectivity index (χ3v) is 5.49. The lowest BCUT2D eigenvalue weighted by molar-refractivity contribution is -0.125. The SMILES string of the molecule is COc1ccc(C2CN(C(=O)c3cccc(OC)c3)CC2C(=O)NCC(C)C)cc1. The van der Waals surface area contributed by atoms with Crippen LogP contribution in [0, 0.1) is 11.8 Å². The van der Waals surface area contributed by atoms with Gasteiger partial charge in [-0.1, -0.05) is 32.0 Å². The highest BCUT2D eigenvalue weighted by Gasteiger charge is 2.40. The highest BCUT2D eigenvalue weighted by molar-refractivity contribution is 5.95. The minimum atomic E-state index is -0.299. The first-order chi connectivity index (χ1) is 14.4. The zero-order valence-electron chi connectivity index (χ0n) is 18.1. The van der Waals surface area contributed by atoms with Crippen LogP contribution in [0.3, 0.4) is 0 Å². The predicted octanol–water partition coefficient (Wildman–Crippen LogP) is 3.33. The molecule has 0 aromatic heterocycles. The van der Waals surface area contributed by atoms with E-state index in [0.717, 1.165) is 11.3 Å². The fourth-order valence-corrected chi connectivity index (χ4v) is 3.80. The van der Waals surface area contributed by atoms with Gasteiger partial charge in [-0.15, -0.1) is 0 Å². The number of rotatable bonds is 7. The highest BCUT2D eigenvalue weighted by Crippen LogP contribution is 2.34. The van der Waals surface area contributed by atoms with Gasteiger partial charge in [-0.25, -0.2) is 0 Å². The molecule has 6 nitrogen and oxygen atoms in total. The number of hydrogen-bond acceptors (Lipinski definition) is 4. The van der Waals surface area contributed by atoms with Crippen LogP contribution in [0.1, 0.15) is 35.7 Å². The van der Waals surface area contributed by atoms with Crippen LogP contribution >= 0.6 is 0 Å². The molecular formula is C24H30N2O4. The minimum Gasteiger partial charge on any atom is -0.497 e. The molecule has 2 amide bonds. The van der Waals surface area contributed by atoms with Crippen molar-refractivity contribution in [3.63, 3.8) is 0 Å². The van der Waals surface area contributed by atoms with Crippen LogP contribution in [0.15, 0.2) is 48.5 Å². The van der Waals surface area contributed by atoms with Crippen molar-refractivity contribution >= 4 is 11.8 Å². The van der Waals surface area contributed by atoms with Gasteiger partial charge in [0.15, 0.2) is 0 Å². The molecule has 2 atom stereocenters. The fourth-order valence-electron chi connectivity index (χ4n) is 3.80. The van der Waals surface area contributed by atoms with Crippen molar-refractivity contribution in [2.24, 2.45) is 11.8 Å². The number of carbonyl (C=O) groups is 2. The Morgan fingerprint density at radius 3 is 2.37 bits per heavy atom. The van der Waals surface area contributed by atoms with Crippen LogP contribution in [0.4, 0.5) is 0 Å². The van der Waals surface area contributed by atoms with Crippen LogP contribution in [0.25, 0.3) is 0 Å². The molecule has 1 heterocycles. The molecule has 2 aromatic rings. The summed E-state index contributed by atoms with van der Waals surface area (Å²) >= 11 is 0. The monoisotopic (exact) mass is 410 g/mol. The molecule has 6 heteroatoms. The average molecular weight is 411 g/mol. The number of nitrogens with zero attached hydrogens (tertiary/aromatic N) is 1. The summed E-state index contributed by atoms with van der Waals surface area (Å²) in [5.41, 5.74) is 1.59. The summed E-state index contributed by atoms with van der Waals surface area (Å²) in [7, 11) is 3.20. The Labute approximate surface area is 178 Å². The summed E-state index contributed by atoms with van der Waals surface area (Å²) in [6, 6.07) is 14.9. The quantitative estimate of drug-likeness (QED) is 0.760. The molecule has 1 saturated heterocycles. The average Bonchev–Trinajstić information content (AvgIpc) is 3.22. The Morgan fingerprint density at radius 2 is 1.73 bits per heavy atom. The molecule has 2 unspecified atom stereocenters. The summed E-state index contributed by atoms with van der Waals surface area (Å²) in [6.45, 7) is 5.62. The van der Waals surface area contributed by atoms with Crippen molar-refractivity contribution in [1.82, 2.24) is 10.2 Å². The van der Waals surface area contributed by atoms with E-state index in [1.165, 1.54) is 0 Å². The number of ether oxygens (including phenoxy) is 2. The molecule has 0 aliphatic carbocycles. The second-order valence-corrected chi connectivity index (χ2v) is 8.07. The van der Waals surface area contributed by atoms with E-state index in [1.54, 1.807) is 37.3 Å². The van der Waals surface area contributed by atoms with Crippen LogP contribution in [-0.2, 0) is 4.79 Å². The first-order valence-corrected chi connectivity index (χ1v) is 10.3. The van der Waals surface area contributed by atoms with Crippen LogP contribution in [0.2, 0.25) is 0 Å². The second kappa shape index (κ2) is 9.65. The molecule has 2 aromatic carbocycles. The molecule has 1 aliphatic rings. The molecule has 30 heavy (non-hydrogen) atoms. The largest absolute Gasteiger partial charge is 0.497 e. The Balaban J connectivity index is 1.84. The van der Waals surface area contributed by atoms with Gasteiger partial charge in [0.2, 0.25) is 5.91 Å². The summed E-state index contributed by atoms with van der Waals surface area (Å²) in [5, 5.41) is 3.04. The van der Waals surface area contributed by atoms with Gasteiger partial charge in [0.25, 0.3) is 5.91 Å². The smallest absolute Gasteiger partial charge is 0.254 e. The molecule has 0 radical (unpaired) electrons. The molecule has 0 bridgehead atoms. The first kappa shape index (κ1) is 21.7. The Morgan fingerprint density at radius 1 is 1.03 bits per heavy atom. The maximum absolute atomic E-state index is 13.1. The molecule has 1 aliphatic heterocycles. The van der Waals surface area contributed by atoms with Gasteiger partial charge < -0.3 is 19.7 Å². The van der Waals surface area contributed by atoms with Gasteiger partial charge >= 0.3 is 0 Å². The maximum atomic E-state index is 13.1. The van der Waals surface area contributed by atoms with E-state index in [4.69, 9.17) is 9.47 Å². The topological polar surface area (TPSA) is 67.9 Å². The first-order valence-electron chi connectivity index (χ1n) is 10.3. The van der Waals surface area contributed by atoms with E-state index in [9.17, 15) is 9.59 Å². The van der Waals surface area contributed by atoms with Gasteiger partial charge in [0.1, 0.15) is 11.5 Å². The number of nitrogens with one attached hydrogen (secondary N) is 1. The third-order valence-electron chi connectivity index (χ3n) is 5.49. The van der Waals surface area contributed by atoms with Crippen molar-refractivity contribution in [3.8, 4) is 11.5 Å². The van der Waals surface area contributed by atoms with Crippen molar-refractivity contribution in [1.29, 1.82) is 0 Å². The second-order valence-electron chi connectivity index (χ2n) is 8.07. The lowest BCUT2D eigenvalue weighted by Crippen LogP contribution is -2.37. The number of likely N-dealkylation sites (tertiary alicyclic amines) is 1. The van der Waals surface area contributed by atoms with E-state index in [1.807, 2.05) is 30.3 Å². The third kappa shape index (κ3) is 4.93. The normalized spacial score (nSPS) is 18.4. The van der Waals surface area contributed by atoms with Gasteiger partial charge in [0.05, 0.1) is 20.1 Å². The lowest BCUT2D eigenvalue weighted by Gasteiger charge is -2.19. The lowest BCUT2D eigenvalue weighted by atomic mass is 9.88. The Bertz CT molecular complexity index is 879. The summed E-state index contributed by atoms with van der Waals surface area (Å²) < 4.78 is 10.5. The number of methoxy groups -OCH3 is 2. The van der Waals surface area contributed by atoms with Gasteiger partial charge in [-0.2, -0.15) is 0 Å². The zero-order valence-corrected chi connectivity index (χ0v) is 18.1. The van der Waals surface area contributed by atoms with Gasteiger partial charge in [-0.05, 0) is 41.8 Å². The minimum absolute atomic E-state index is 0.00883. The molecule has 0 saturated carbocycles. The van der Waals surface area contributed by atoms with Crippen molar-refractivity contribution in [2.75, 3.05) is 33.9 Å². The summed E-state index contributed by atoms with van der Waals surface area (Å²) in [4.78, 5) is 27.9. The zero-order chi connectivity index (χ0) is 21.7.